The molecule has 0 N–H and O–H groups in total. The number of methoxy groups -OCH3 is 1. The summed E-state index contributed by atoms with van der Waals surface area (Å²) in [5.41, 5.74) is 3.07. The van der Waals surface area contributed by atoms with E-state index >= 15 is 0 Å². The molecule has 0 spiro atoms. The molecule has 1 unspecified atom stereocenters. The maximum Gasteiger partial charge on any atom is 0.258 e. The highest BCUT2D eigenvalue weighted by Gasteiger charge is 2.36. The summed E-state index contributed by atoms with van der Waals surface area (Å²) in [5.74, 6) is -0.401. The zero-order valence-electron chi connectivity index (χ0n) is 23.0. The Morgan fingerprint density at radius 1 is 1.15 bits per heavy atom. The molecular weight excluding hydrogens is 580 g/mol. The normalized spacial score (nSPS) is 17.7. The SMILES string of the molecule is COCCCN1C(=O)c2cccc3c(CC(=O)C4CCCN(S(=O)(=O)c5sc6ccc(Cl)cc6c5C)C4)ccc1c23. The number of ketones is 1. The molecule has 4 aromatic rings. The topological polar surface area (TPSA) is 84.0 Å². The van der Waals surface area contributed by atoms with Gasteiger partial charge >= 0.3 is 0 Å². The van der Waals surface area contributed by atoms with Crippen molar-refractivity contribution < 1.29 is 22.7 Å². The molecule has 1 saturated heterocycles. The molecule has 7 nitrogen and oxygen atoms in total. The number of ether oxygens (including phenoxy) is 1. The van der Waals surface area contributed by atoms with Crippen molar-refractivity contribution in [1.82, 2.24) is 4.31 Å². The molecule has 6 rings (SSSR count). The molecule has 0 aliphatic carbocycles. The third kappa shape index (κ3) is 4.97. The Morgan fingerprint density at radius 3 is 2.78 bits per heavy atom. The Balaban J connectivity index is 1.23. The van der Waals surface area contributed by atoms with Crippen LogP contribution in [0.4, 0.5) is 5.69 Å². The molecule has 0 saturated carbocycles. The van der Waals surface area contributed by atoms with Crippen molar-refractivity contribution in [3.63, 3.8) is 0 Å². The highest BCUT2D eigenvalue weighted by Crippen LogP contribution is 2.40. The summed E-state index contributed by atoms with van der Waals surface area (Å²) in [7, 11) is -2.12. The van der Waals surface area contributed by atoms with Crippen LogP contribution < -0.4 is 4.90 Å². The summed E-state index contributed by atoms with van der Waals surface area (Å²) < 4.78 is 35.3. The molecule has 1 aromatic heterocycles. The fourth-order valence-electron chi connectivity index (χ4n) is 6.14. The molecule has 3 aromatic carbocycles. The minimum absolute atomic E-state index is 0.0201. The minimum Gasteiger partial charge on any atom is -0.385 e. The van der Waals surface area contributed by atoms with E-state index in [1.54, 1.807) is 24.1 Å². The number of benzene rings is 3. The van der Waals surface area contributed by atoms with Gasteiger partial charge in [0.1, 0.15) is 9.99 Å². The lowest BCUT2D eigenvalue weighted by molar-refractivity contribution is -0.123. The van der Waals surface area contributed by atoms with Crippen molar-refractivity contribution >= 4 is 71.2 Å². The molecule has 0 bridgehead atoms. The van der Waals surface area contributed by atoms with E-state index in [1.807, 2.05) is 43.3 Å². The first-order chi connectivity index (χ1) is 19.7. The smallest absolute Gasteiger partial charge is 0.258 e. The van der Waals surface area contributed by atoms with E-state index in [1.165, 1.54) is 15.6 Å². The molecule has 10 heteroatoms. The van der Waals surface area contributed by atoms with Crippen molar-refractivity contribution in [2.45, 2.75) is 36.8 Å². The Morgan fingerprint density at radius 2 is 1.98 bits per heavy atom. The van der Waals surface area contributed by atoms with Crippen LogP contribution in [0, 0.1) is 12.8 Å². The number of fused-ring (bicyclic) bond motifs is 1. The van der Waals surface area contributed by atoms with Gasteiger partial charge in [-0.3, -0.25) is 9.59 Å². The highest BCUT2D eigenvalue weighted by atomic mass is 35.5. The number of aryl methyl sites for hydroxylation is 1. The van der Waals surface area contributed by atoms with E-state index in [9.17, 15) is 18.0 Å². The van der Waals surface area contributed by atoms with Crippen LogP contribution in [-0.4, -0.2) is 57.8 Å². The lowest BCUT2D eigenvalue weighted by Gasteiger charge is -2.31. The van der Waals surface area contributed by atoms with Crippen molar-refractivity contribution in [2.24, 2.45) is 5.92 Å². The van der Waals surface area contributed by atoms with E-state index in [2.05, 4.69) is 0 Å². The summed E-state index contributed by atoms with van der Waals surface area (Å²) >= 11 is 7.41. The Hall–Kier alpha value is -2.82. The number of amides is 1. The number of carbonyl (C=O) groups is 2. The predicted octanol–water partition coefficient (Wildman–Crippen LogP) is 6.23. The van der Waals surface area contributed by atoms with E-state index in [-0.39, 0.29) is 24.7 Å². The number of nitrogens with zero attached hydrogens (tertiary/aromatic N) is 2. The van der Waals surface area contributed by atoms with Crippen molar-refractivity contribution in [3.05, 3.63) is 70.2 Å². The highest BCUT2D eigenvalue weighted by molar-refractivity contribution is 7.91. The van der Waals surface area contributed by atoms with Crippen molar-refractivity contribution in [2.75, 3.05) is 38.3 Å². The maximum absolute atomic E-state index is 13.7. The standard InChI is InChI=1S/C31H31ClN2O5S2/c1-19-25-17-22(32)10-12-28(25)40-31(19)41(37,38)33-13-4-6-21(18-33)27(35)16-20-9-11-26-29-23(20)7-3-8-24(29)30(36)34(26)14-5-15-39-2/h3,7-12,17,21H,4-6,13-16,18H2,1-2H3. The molecular formula is C31H31ClN2O5S2. The minimum atomic E-state index is -3.76. The molecule has 2 aliphatic rings. The quantitative estimate of drug-likeness (QED) is 0.210. The monoisotopic (exact) mass is 610 g/mol. The lowest BCUT2D eigenvalue weighted by Crippen LogP contribution is -2.42. The first-order valence-corrected chi connectivity index (χ1v) is 16.4. The molecule has 214 valence electrons. The number of anilines is 1. The van der Waals surface area contributed by atoms with Gasteiger partial charge in [0.05, 0.1) is 5.69 Å². The van der Waals surface area contributed by atoms with Crippen LogP contribution in [0.5, 0.6) is 0 Å². The number of carbonyl (C=O) groups excluding carboxylic acids is 2. The summed E-state index contributed by atoms with van der Waals surface area (Å²) in [6.45, 7) is 3.51. The van der Waals surface area contributed by atoms with Crippen LogP contribution in [0.25, 0.3) is 20.9 Å². The predicted molar refractivity (Wildman–Crippen MR) is 164 cm³/mol. The molecule has 1 fully saturated rings. The van der Waals surface area contributed by atoms with E-state index in [4.69, 9.17) is 16.3 Å². The third-order valence-electron chi connectivity index (χ3n) is 8.24. The van der Waals surface area contributed by atoms with Gasteiger partial charge in [-0.05, 0) is 78.4 Å². The van der Waals surface area contributed by atoms with Gasteiger partial charge in [0.2, 0.25) is 0 Å². The molecule has 1 atom stereocenters. The number of piperidine rings is 1. The van der Waals surface area contributed by atoms with Gasteiger partial charge in [0.25, 0.3) is 15.9 Å². The second-order valence-corrected chi connectivity index (χ2v) is 14.4. The van der Waals surface area contributed by atoms with Crippen LogP contribution in [0.3, 0.4) is 0 Å². The number of rotatable bonds is 9. The largest absolute Gasteiger partial charge is 0.385 e. The summed E-state index contributed by atoms with van der Waals surface area (Å²) in [5, 5.41) is 3.19. The summed E-state index contributed by atoms with van der Waals surface area (Å²) in [6, 6.07) is 14.9. The van der Waals surface area contributed by atoms with Gasteiger partial charge in [0.15, 0.2) is 0 Å². The van der Waals surface area contributed by atoms with E-state index in [0.29, 0.717) is 52.9 Å². The fourth-order valence-corrected chi connectivity index (χ4v) is 9.72. The lowest BCUT2D eigenvalue weighted by atomic mass is 9.89. The van der Waals surface area contributed by atoms with Gasteiger partial charge in [0, 0.05) is 66.4 Å². The number of hydrogen-bond acceptors (Lipinski definition) is 6. The summed E-state index contributed by atoms with van der Waals surface area (Å²) in [4.78, 5) is 28.6. The second kappa shape index (κ2) is 11.1. The van der Waals surface area contributed by atoms with Gasteiger partial charge < -0.3 is 9.64 Å². The van der Waals surface area contributed by atoms with Crippen molar-refractivity contribution in [3.8, 4) is 0 Å². The second-order valence-electron chi connectivity index (χ2n) is 10.8. The fraction of sp³-hybridized carbons (Fsp3) is 0.355. The van der Waals surface area contributed by atoms with Gasteiger partial charge in [-0.25, -0.2) is 8.42 Å². The average molecular weight is 611 g/mol. The number of halogens is 1. The Kier molecular flexibility index (Phi) is 7.67. The van der Waals surface area contributed by atoms with E-state index < -0.39 is 15.9 Å². The Labute approximate surface area is 248 Å². The first kappa shape index (κ1) is 28.3. The van der Waals surface area contributed by atoms with Gasteiger partial charge in [-0.15, -0.1) is 11.3 Å². The average Bonchev–Trinajstić information content (AvgIpc) is 3.45. The summed E-state index contributed by atoms with van der Waals surface area (Å²) in [6.07, 6.45) is 2.20. The van der Waals surface area contributed by atoms with E-state index in [0.717, 1.165) is 38.5 Å². The number of Topliss-reactive ketones (excluding diaryl/α,β-unsaturated/α-hetero) is 1. The first-order valence-electron chi connectivity index (χ1n) is 13.8. The molecule has 2 aliphatic heterocycles. The molecule has 0 radical (unpaired) electrons. The molecule has 3 heterocycles. The van der Waals surface area contributed by atoms with Crippen LogP contribution in [0.2, 0.25) is 5.02 Å². The zero-order chi connectivity index (χ0) is 28.9. The number of sulfonamides is 1. The Bertz CT molecular complexity index is 1800. The number of thiophene rings is 1. The van der Waals surface area contributed by atoms with Crippen molar-refractivity contribution in [1.29, 1.82) is 0 Å². The van der Waals surface area contributed by atoms with Gasteiger partial charge in [-0.2, -0.15) is 4.31 Å². The molecule has 41 heavy (non-hydrogen) atoms. The zero-order valence-corrected chi connectivity index (χ0v) is 25.4. The van der Waals surface area contributed by atoms with Crippen LogP contribution in [-0.2, 0) is 26.0 Å². The van der Waals surface area contributed by atoms with Gasteiger partial charge in [-0.1, -0.05) is 29.8 Å². The van der Waals surface area contributed by atoms with Crippen LogP contribution >= 0.6 is 22.9 Å². The maximum atomic E-state index is 13.7. The third-order valence-corrected chi connectivity index (χ3v) is 12.2. The molecule has 1 amide bonds. The van der Waals surface area contributed by atoms with Crippen LogP contribution in [0.15, 0.2) is 52.7 Å². The van der Waals surface area contributed by atoms with Crippen LogP contribution in [0.1, 0.15) is 40.7 Å². The number of hydrogen-bond donors (Lipinski definition) is 0.